The maximum atomic E-state index is 11.8. The fraction of sp³-hybridized carbons (Fsp3) is 0.462. The average Bonchev–Trinajstić information content (AvgIpc) is 2.76. The van der Waals surface area contributed by atoms with Gasteiger partial charge in [0.05, 0.1) is 13.0 Å². The van der Waals surface area contributed by atoms with Gasteiger partial charge >= 0.3 is 0 Å². The second kappa shape index (κ2) is 6.20. The summed E-state index contributed by atoms with van der Waals surface area (Å²) in [4.78, 5) is 13.6. The lowest BCUT2D eigenvalue weighted by Gasteiger charge is -2.15. The van der Waals surface area contributed by atoms with Crippen LogP contribution in [0.1, 0.15) is 12.8 Å². The van der Waals surface area contributed by atoms with Gasteiger partial charge in [0.2, 0.25) is 5.91 Å². The predicted octanol–water partition coefficient (Wildman–Crippen LogP) is 1.78. The Morgan fingerprint density at radius 1 is 1.56 bits per heavy atom. The van der Waals surface area contributed by atoms with Gasteiger partial charge in [0.25, 0.3) is 0 Å². The summed E-state index contributed by atoms with van der Waals surface area (Å²) in [6.07, 6.45) is 1.30. The number of halogens is 1. The molecule has 0 spiro atoms. The maximum Gasteiger partial charge on any atom is 0.226 e. The molecule has 1 aromatic carbocycles. The molecule has 2 rings (SSSR count). The summed E-state index contributed by atoms with van der Waals surface area (Å²) in [5.74, 6) is 0.897. The lowest BCUT2D eigenvalue weighted by molar-refractivity contribution is -0.130. The minimum absolute atomic E-state index is 0.123. The molecule has 1 atom stereocenters. The Hall–Kier alpha value is -1.07. The molecule has 1 saturated heterocycles. The van der Waals surface area contributed by atoms with Crippen LogP contribution < -0.4 is 10.5 Å². The summed E-state index contributed by atoms with van der Waals surface area (Å²) in [6.45, 7) is 1.85. The fourth-order valence-electron chi connectivity index (χ4n) is 1.98. The van der Waals surface area contributed by atoms with E-state index in [0.29, 0.717) is 19.6 Å². The Bertz CT molecular complexity index is 425. The highest BCUT2D eigenvalue weighted by molar-refractivity contribution is 9.10. The number of hydrogen-bond donors (Lipinski definition) is 1. The summed E-state index contributed by atoms with van der Waals surface area (Å²) in [5.41, 5.74) is 5.77. The molecule has 1 fully saturated rings. The molecule has 2 N–H and O–H groups in total. The lowest BCUT2D eigenvalue weighted by atomic mass is 10.3. The number of hydrogen-bond acceptors (Lipinski definition) is 3. The van der Waals surface area contributed by atoms with Crippen molar-refractivity contribution in [3.05, 3.63) is 28.7 Å². The van der Waals surface area contributed by atoms with Crippen molar-refractivity contribution in [2.45, 2.75) is 18.9 Å². The Labute approximate surface area is 115 Å². The summed E-state index contributed by atoms with van der Waals surface area (Å²) in [6, 6.07) is 7.74. The molecule has 1 amide bonds. The molecule has 5 heteroatoms. The molecular formula is C13H17BrN2O2. The molecule has 0 aliphatic carbocycles. The van der Waals surface area contributed by atoms with Crippen molar-refractivity contribution in [3.8, 4) is 5.75 Å². The van der Waals surface area contributed by atoms with E-state index in [1.165, 1.54) is 0 Å². The molecule has 0 saturated carbocycles. The smallest absolute Gasteiger partial charge is 0.226 e. The van der Waals surface area contributed by atoms with Crippen LogP contribution >= 0.6 is 15.9 Å². The first-order chi connectivity index (χ1) is 8.65. The first-order valence-corrected chi connectivity index (χ1v) is 6.86. The molecule has 98 valence electrons. The van der Waals surface area contributed by atoms with Crippen molar-refractivity contribution in [2.75, 3.05) is 19.7 Å². The molecule has 18 heavy (non-hydrogen) atoms. The number of nitrogens with zero attached hydrogens (tertiary/aromatic N) is 1. The van der Waals surface area contributed by atoms with Gasteiger partial charge in [-0.05, 0) is 24.6 Å². The van der Waals surface area contributed by atoms with Crippen molar-refractivity contribution in [2.24, 2.45) is 5.73 Å². The van der Waals surface area contributed by atoms with E-state index >= 15 is 0 Å². The van der Waals surface area contributed by atoms with Gasteiger partial charge in [-0.2, -0.15) is 0 Å². The van der Waals surface area contributed by atoms with Gasteiger partial charge in [-0.25, -0.2) is 0 Å². The topological polar surface area (TPSA) is 55.6 Å². The van der Waals surface area contributed by atoms with Gasteiger partial charge in [0, 0.05) is 23.6 Å². The highest BCUT2D eigenvalue weighted by atomic mass is 79.9. The number of ether oxygens (including phenoxy) is 1. The molecule has 4 nitrogen and oxygen atoms in total. The van der Waals surface area contributed by atoms with E-state index < -0.39 is 0 Å². The number of likely N-dealkylation sites (tertiary alicyclic amines) is 1. The average molecular weight is 313 g/mol. The van der Waals surface area contributed by atoms with Gasteiger partial charge < -0.3 is 15.4 Å². The summed E-state index contributed by atoms with van der Waals surface area (Å²) in [7, 11) is 0. The third kappa shape index (κ3) is 3.71. The molecule has 0 bridgehead atoms. The van der Waals surface area contributed by atoms with E-state index in [-0.39, 0.29) is 11.9 Å². The number of carbonyl (C=O) groups is 1. The SMILES string of the molecule is N[C@H]1CCN(C(=O)CCOc2cccc(Br)c2)C1. The van der Waals surface area contributed by atoms with Crippen LogP contribution in [-0.2, 0) is 4.79 Å². The van der Waals surface area contributed by atoms with Gasteiger partial charge in [0.1, 0.15) is 5.75 Å². The van der Waals surface area contributed by atoms with E-state index in [4.69, 9.17) is 10.5 Å². The van der Waals surface area contributed by atoms with Crippen LogP contribution in [-0.4, -0.2) is 36.5 Å². The van der Waals surface area contributed by atoms with E-state index in [1.54, 1.807) is 0 Å². The summed E-state index contributed by atoms with van der Waals surface area (Å²) < 4.78 is 6.50. The predicted molar refractivity (Wildman–Crippen MR) is 73.4 cm³/mol. The van der Waals surface area contributed by atoms with Crippen LogP contribution in [0.25, 0.3) is 0 Å². The quantitative estimate of drug-likeness (QED) is 0.922. The zero-order valence-corrected chi connectivity index (χ0v) is 11.7. The normalized spacial score (nSPS) is 19.0. The van der Waals surface area contributed by atoms with Crippen LogP contribution in [0, 0.1) is 0 Å². The molecule has 0 aromatic heterocycles. The highest BCUT2D eigenvalue weighted by Gasteiger charge is 2.22. The first-order valence-electron chi connectivity index (χ1n) is 6.07. The minimum Gasteiger partial charge on any atom is -0.493 e. The zero-order chi connectivity index (χ0) is 13.0. The molecule has 1 aliphatic rings. The lowest BCUT2D eigenvalue weighted by Crippen LogP contribution is -2.32. The van der Waals surface area contributed by atoms with Crippen LogP contribution in [0.3, 0.4) is 0 Å². The second-order valence-electron chi connectivity index (χ2n) is 4.44. The Morgan fingerprint density at radius 3 is 3.06 bits per heavy atom. The fourth-order valence-corrected chi connectivity index (χ4v) is 2.36. The van der Waals surface area contributed by atoms with Crippen molar-refractivity contribution in [1.82, 2.24) is 4.90 Å². The van der Waals surface area contributed by atoms with Crippen molar-refractivity contribution >= 4 is 21.8 Å². The zero-order valence-electron chi connectivity index (χ0n) is 10.1. The van der Waals surface area contributed by atoms with Gasteiger partial charge in [-0.1, -0.05) is 22.0 Å². The third-order valence-corrected chi connectivity index (χ3v) is 3.45. The molecule has 0 unspecified atom stereocenters. The third-order valence-electron chi connectivity index (χ3n) is 2.96. The first kappa shape index (κ1) is 13.4. The number of amides is 1. The Morgan fingerprint density at radius 2 is 2.39 bits per heavy atom. The van der Waals surface area contributed by atoms with Crippen molar-refractivity contribution < 1.29 is 9.53 Å². The molecule has 1 aliphatic heterocycles. The molecule has 1 aromatic rings. The number of nitrogens with two attached hydrogens (primary N) is 1. The monoisotopic (exact) mass is 312 g/mol. The number of carbonyl (C=O) groups excluding carboxylic acids is 1. The van der Waals surface area contributed by atoms with Crippen molar-refractivity contribution in [3.63, 3.8) is 0 Å². The summed E-state index contributed by atoms with van der Waals surface area (Å²) in [5, 5.41) is 0. The van der Waals surface area contributed by atoms with Gasteiger partial charge in [-0.3, -0.25) is 4.79 Å². The standard InChI is InChI=1S/C13H17BrN2O2/c14-10-2-1-3-12(8-10)18-7-5-13(17)16-6-4-11(15)9-16/h1-3,8,11H,4-7,9,15H2/t11-/m0/s1. The minimum atomic E-state index is 0.123. The Kier molecular flexibility index (Phi) is 4.60. The van der Waals surface area contributed by atoms with E-state index in [2.05, 4.69) is 15.9 Å². The second-order valence-corrected chi connectivity index (χ2v) is 5.36. The van der Waals surface area contributed by atoms with E-state index in [0.717, 1.165) is 23.2 Å². The molecule has 1 heterocycles. The van der Waals surface area contributed by atoms with Gasteiger partial charge in [0.15, 0.2) is 0 Å². The van der Waals surface area contributed by atoms with E-state index in [9.17, 15) is 4.79 Å². The summed E-state index contributed by atoms with van der Waals surface area (Å²) >= 11 is 3.37. The molecule has 0 radical (unpaired) electrons. The highest BCUT2D eigenvalue weighted by Crippen LogP contribution is 2.18. The Balaban J connectivity index is 1.73. The maximum absolute atomic E-state index is 11.8. The number of benzene rings is 1. The number of rotatable bonds is 4. The van der Waals surface area contributed by atoms with Gasteiger partial charge in [-0.15, -0.1) is 0 Å². The van der Waals surface area contributed by atoms with E-state index in [1.807, 2.05) is 29.2 Å². The van der Waals surface area contributed by atoms with Crippen LogP contribution in [0.4, 0.5) is 0 Å². The van der Waals surface area contributed by atoms with Crippen LogP contribution in [0.2, 0.25) is 0 Å². The van der Waals surface area contributed by atoms with Crippen LogP contribution in [0.5, 0.6) is 5.75 Å². The molecular weight excluding hydrogens is 296 g/mol. The van der Waals surface area contributed by atoms with Crippen molar-refractivity contribution in [1.29, 1.82) is 0 Å². The largest absolute Gasteiger partial charge is 0.493 e. The van der Waals surface area contributed by atoms with Crippen LogP contribution in [0.15, 0.2) is 28.7 Å².